The van der Waals surface area contributed by atoms with E-state index in [9.17, 15) is 9.59 Å². The van der Waals surface area contributed by atoms with Crippen molar-refractivity contribution in [1.82, 2.24) is 20.2 Å². The second kappa shape index (κ2) is 7.53. The Balaban J connectivity index is 1.86. The Morgan fingerprint density at radius 1 is 1.36 bits per heavy atom. The SMILES string of the molecule is CCOC(=O)c1c(-c2cccs2)csc1NC(=O)Cc1nnnn1C. The molecule has 0 aliphatic rings. The highest BCUT2D eigenvalue weighted by Crippen LogP contribution is 2.38. The molecule has 1 N–H and O–H groups in total. The van der Waals surface area contributed by atoms with Crippen molar-refractivity contribution < 1.29 is 14.3 Å². The summed E-state index contributed by atoms with van der Waals surface area (Å²) in [6.07, 6.45) is 0.0119. The van der Waals surface area contributed by atoms with E-state index in [4.69, 9.17) is 4.74 Å². The van der Waals surface area contributed by atoms with Crippen molar-refractivity contribution in [3.63, 3.8) is 0 Å². The lowest BCUT2D eigenvalue weighted by Gasteiger charge is -2.07. The lowest BCUT2D eigenvalue weighted by Crippen LogP contribution is -2.18. The van der Waals surface area contributed by atoms with E-state index < -0.39 is 5.97 Å². The van der Waals surface area contributed by atoms with Gasteiger partial charge in [0, 0.05) is 22.9 Å². The number of aromatic nitrogens is 4. The van der Waals surface area contributed by atoms with Crippen LogP contribution in [0.4, 0.5) is 5.00 Å². The molecule has 0 spiro atoms. The molecule has 130 valence electrons. The molecule has 0 aliphatic carbocycles. The summed E-state index contributed by atoms with van der Waals surface area (Å²) in [4.78, 5) is 25.6. The number of anilines is 1. The highest BCUT2D eigenvalue weighted by Gasteiger charge is 2.23. The number of amides is 1. The predicted molar refractivity (Wildman–Crippen MR) is 94.7 cm³/mol. The minimum atomic E-state index is -0.456. The number of carbonyl (C=O) groups is 2. The number of ether oxygens (including phenoxy) is 1. The van der Waals surface area contributed by atoms with E-state index in [-0.39, 0.29) is 18.9 Å². The molecule has 3 heterocycles. The Hall–Kier alpha value is -2.59. The normalized spacial score (nSPS) is 10.6. The van der Waals surface area contributed by atoms with Crippen LogP contribution < -0.4 is 5.32 Å². The first-order chi connectivity index (χ1) is 12.1. The zero-order valence-electron chi connectivity index (χ0n) is 13.6. The van der Waals surface area contributed by atoms with Crippen LogP contribution >= 0.6 is 22.7 Å². The maximum absolute atomic E-state index is 12.4. The van der Waals surface area contributed by atoms with Gasteiger partial charge in [0.1, 0.15) is 10.6 Å². The van der Waals surface area contributed by atoms with E-state index in [1.807, 2.05) is 22.9 Å². The van der Waals surface area contributed by atoms with Gasteiger partial charge in [-0.05, 0) is 28.8 Å². The first-order valence-corrected chi connectivity index (χ1v) is 9.19. The van der Waals surface area contributed by atoms with Gasteiger partial charge in [-0.3, -0.25) is 4.79 Å². The maximum atomic E-state index is 12.4. The summed E-state index contributed by atoms with van der Waals surface area (Å²) >= 11 is 2.81. The van der Waals surface area contributed by atoms with Crippen molar-refractivity contribution in [3.05, 3.63) is 34.3 Å². The van der Waals surface area contributed by atoms with Gasteiger partial charge in [-0.25, -0.2) is 9.48 Å². The Morgan fingerprint density at radius 2 is 2.20 bits per heavy atom. The Bertz CT molecular complexity index is 885. The molecule has 10 heteroatoms. The topological polar surface area (TPSA) is 99.0 Å². The highest BCUT2D eigenvalue weighted by atomic mass is 32.1. The lowest BCUT2D eigenvalue weighted by atomic mass is 10.1. The molecule has 25 heavy (non-hydrogen) atoms. The third-order valence-electron chi connectivity index (χ3n) is 3.34. The van der Waals surface area contributed by atoms with E-state index in [1.165, 1.54) is 27.4 Å². The molecule has 0 unspecified atom stereocenters. The molecule has 0 bridgehead atoms. The van der Waals surface area contributed by atoms with Crippen molar-refractivity contribution in [2.75, 3.05) is 11.9 Å². The minimum absolute atomic E-state index is 0.0119. The average molecular weight is 377 g/mol. The summed E-state index contributed by atoms with van der Waals surface area (Å²) in [5.41, 5.74) is 1.13. The fraction of sp³-hybridized carbons (Fsp3) is 0.267. The van der Waals surface area contributed by atoms with Crippen LogP contribution in [0.15, 0.2) is 22.9 Å². The average Bonchev–Trinajstić information content (AvgIpc) is 3.29. The van der Waals surface area contributed by atoms with Crippen molar-refractivity contribution in [1.29, 1.82) is 0 Å². The van der Waals surface area contributed by atoms with Crippen LogP contribution in [0.1, 0.15) is 23.1 Å². The van der Waals surface area contributed by atoms with Gasteiger partial charge in [-0.2, -0.15) is 0 Å². The monoisotopic (exact) mass is 377 g/mol. The number of carbonyl (C=O) groups excluding carboxylic acids is 2. The molecule has 3 aromatic rings. The highest BCUT2D eigenvalue weighted by molar-refractivity contribution is 7.17. The third kappa shape index (κ3) is 3.74. The Labute approximate surface area is 151 Å². The molecule has 8 nitrogen and oxygen atoms in total. The zero-order valence-corrected chi connectivity index (χ0v) is 15.2. The third-order valence-corrected chi connectivity index (χ3v) is 5.14. The second-order valence-corrected chi connectivity index (χ2v) is 6.82. The van der Waals surface area contributed by atoms with Crippen molar-refractivity contribution in [2.24, 2.45) is 7.05 Å². The van der Waals surface area contributed by atoms with E-state index >= 15 is 0 Å². The van der Waals surface area contributed by atoms with Crippen LogP contribution in [-0.2, 0) is 23.0 Å². The summed E-state index contributed by atoms with van der Waals surface area (Å²) < 4.78 is 6.58. The van der Waals surface area contributed by atoms with Crippen LogP contribution in [0.3, 0.4) is 0 Å². The Kier molecular flexibility index (Phi) is 5.19. The molecule has 3 rings (SSSR count). The first kappa shape index (κ1) is 17.2. The zero-order chi connectivity index (χ0) is 17.8. The molecule has 0 aromatic carbocycles. The molecule has 1 amide bonds. The molecular weight excluding hydrogens is 362 g/mol. The summed E-state index contributed by atoms with van der Waals surface area (Å²) in [6, 6.07) is 3.83. The fourth-order valence-corrected chi connectivity index (χ4v) is 3.97. The van der Waals surface area contributed by atoms with Crippen molar-refractivity contribution >= 4 is 39.6 Å². The first-order valence-electron chi connectivity index (χ1n) is 7.43. The molecule has 0 fully saturated rings. The number of aryl methyl sites for hydroxylation is 1. The summed E-state index contributed by atoms with van der Waals surface area (Å²) in [5, 5.41) is 18.0. The van der Waals surface area contributed by atoms with Crippen LogP contribution in [0.25, 0.3) is 10.4 Å². The van der Waals surface area contributed by atoms with E-state index in [0.29, 0.717) is 16.4 Å². The summed E-state index contributed by atoms with van der Waals surface area (Å²) in [7, 11) is 1.66. The lowest BCUT2D eigenvalue weighted by molar-refractivity contribution is -0.115. The fourth-order valence-electron chi connectivity index (χ4n) is 2.18. The quantitative estimate of drug-likeness (QED) is 0.662. The number of nitrogens with zero attached hydrogens (tertiary/aromatic N) is 4. The second-order valence-electron chi connectivity index (χ2n) is 4.99. The molecule has 0 saturated heterocycles. The van der Waals surface area contributed by atoms with E-state index in [2.05, 4.69) is 20.8 Å². The van der Waals surface area contributed by atoms with Gasteiger partial charge in [0.15, 0.2) is 5.82 Å². The van der Waals surface area contributed by atoms with Gasteiger partial charge >= 0.3 is 5.97 Å². The predicted octanol–water partition coefficient (Wildman–Crippen LogP) is 2.36. The van der Waals surface area contributed by atoms with Gasteiger partial charge in [0.2, 0.25) is 5.91 Å². The molecular formula is C15H15N5O3S2. The molecule has 0 radical (unpaired) electrons. The number of esters is 1. The van der Waals surface area contributed by atoms with Gasteiger partial charge < -0.3 is 10.1 Å². The van der Waals surface area contributed by atoms with E-state index in [0.717, 1.165) is 10.4 Å². The van der Waals surface area contributed by atoms with Crippen LogP contribution in [-0.4, -0.2) is 38.7 Å². The molecule has 0 saturated carbocycles. The molecule has 3 aromatic heterocycles. The smallest absolute Gasteiger partial charge is 0.341 e. The van der Waals surface area contributed by atoms with Crippen LogP contribution in [0.5, 0.6) is 0 Å². The van der Waals surface area contributed by atoms with Gasteiger partial charge in [0.25, 0.3) is 0 Å². The summed E-state index contributed by atoms with van der Waals surface area (Å²) in [5.74, 6) is -0.323. The number of hydrogen-bond acceptors (Lipinski definition) is 8. The van der Waals surface area contributed by atoms with Crippen molar-refractivity contribution in [2.45, 2.75) is 13.3 Å². The number of tetrazole rings is 1. The Morgan fingerprint density at radius 3 is 2.84 bits per heavy atom. The standard InChI is InChI=1S/C15H15N5O3S2/c1-3-23-15(22)13-9(10-5-4-6-24-10)8-25-14(13)16-12(21)7-11-17-18-19-20(11)2/h4-6,8H,3,7H2,1-2H3,(H,16,21). The number of hydrogen-bond donors (Lipinski definition) is 1. The minimum Gasteiger partial charge on any atom is -0.462 e. The van der Waals surface area contributed by atoms with Gasteiger partial charge in [0.05, 0.1) is 13.0 Å². The number of rotatable bonds is 6. The van der Waals surface area contributed by atoms with Crippen LogP contribution in [0.2, 0.25) is 0 Å². The largest absolute Gasteiger partial charge is 0.462 e. The number of thiophene rings is 2. The van der Waals surface area contributed by atoms with Crippen LogP contribution in [0, 0.1) is 0 Å². The summed E-state index contributed by atoms with van der Waals surface area (Å²) in [6.45, 7) is 2.00. The van der Waals surface area contributed by atoms with Crippen molar-refractivity contribution in [3.8, 4) is 10.4 Å². The van der Waals surface area contributed by atoms with Gasteiger partial charge in [-0.15, -0.1) is 27.8 Å². The van der Waals surface area contributed by atoms with Gasteiger partial charge in [-0.1, -0.05) is 6.07 Å². The number of nitrogens with one attached hydrogen (secondary N) is 1. The molecule has 0 atom stereocenters. The molecule has 0 aliphatic heterocycles. The van der Waals surface area contributed by atoms with E-state index in [1.54, 1.807) is 14.0 Å². The maximum Gasteiger partial charge on any atom is 0.341 e.